The second-order valence-electron chi connectivity index (χ2n) is 5.09. The lowest BCUT2D eigenvalue weighted by molar-refractivity contribution is -0.148. The van der Waals surface area contributed by atoms with Crippen molar-refractivity contribution in [3.05, 3.63) is 71.8 Å². The maximum atomic E-state index is 11.9. The number of rotatable bonds is 2. The molecule has 3 rings (SSSR count). The fraction of sp³-hybridized carbons (Fsp3) is 0.235. The second-order valence-corrected chi connectivity index (χ2v) is 5.09. The van der Waals surface area contributed by atoms with Crippen LogP contribution in [0.4, 0.5) is 0 Å². The molecule has 1 fully saturated rings. The van der Waals surface area contributed by atoms with Crippen LogP contribution in [0.3, 0.4) is 0 Å². The Morgan fingerprint density at radius 2 is 1.42 bits per heavy atom. The predicted octanol–water partition coefficient (Wildman–Crippen LogP) is 3.51. The number of benzene rings is 2. The van der Waals surface area contributed by atoms with Crippen LogP contribution >= 0.6 is 0 Å². The van der Waals surface area contributed by atoms with Gasteiger partial charge in [0.15, 0.2) is 5.60 Å². The summed E-state index contributed by atoms with van der Waals surface area (Å²) in [6.07, 6.45) is 0.694. The van der Waals surface area contributed by atoms with E-state index in [-0.39, 0.29) is 11.9 Å². The van der Waals surface area contributed by atoms with Gasteiger partial charge in [0.05, 0.1) is 5.92 Å². The number of cyclic esters (lactones) is 1. The van der Waals surface area contributed by atoms with E-state index >= 15 is 0 Å². The average Bonchev–Trinajstić information content (AvgIpc) is 2.78. The van der Waals surface area contributed by atoms with Crippen molar-refractivity contribution >= 4 is 5.97 Å². The van der Waals surface area contributed by atoms with Gasteiger partial charge in [-0.2, -0.15) is 0 Å². The number of ether oxygens (including phenoxy) is 1. The number of esters is 1. The molecule has 19 heavy (non-hydrogen) atoms. The average molecular weight is 252 g/mol. The maximum Gasteiger partial charge on any atom is 0.310 e. The predicted molar refractivity (Wildman–Crippen MR) is 73.5 cm³/mol. The highest BCUT2D eigenvalue weighted by Crippen LogP contribution is 2.44. The Morgan fingerprint density at radius 3 is 1.79 bits per heavy atom. The minimum Gasteiger partial charge on any atom is -0.449 e. The van der Waals surface area contributed by atoms with Crippen LogP contribution in [-0.2, 0) is 15.1 Å². The van der Waals surface area contributed by atoms with Gasteiger partial charge in [0.25, 0.3) is 0 Å². The van der Waals surface area contributed by atoms with Crippen molar-refractivity contribution in [2.45, 2.75) is 18.9 Å². The van der Waals surface area contributed by atoms with Crippen molar-refractivity contribution in [2.24, 2.45) is 5.92 Å². The Labute approximate surface area is 113 Å². The summed E-state index contributed by atoms with van der Waals surface area (Å²) in [6.45, 7) is 1.93. The topological polar surface area (TPSA) is 26.3 Å². The molecule has 1 aliphatic heterocycles. The Balaban J connectivity index is 2.15. The first-order valence-electron chi connectivity index (χ1n) is 6.56. The van der Waals surface area contributed by atoms with E-state index < -0.39 is 5.60 Å². The first kappa shape index (κ1) is 12.0. The highest BCUT2D eigenvalue weighted by molar-refractivity contribution is 5.76. The number of hydrogen-bond acceptors (Lipinski definition) is 2. The third kappa shape index (κ3) is 1.93. The fourth-order valence-corrected chi connectivity index (χ4v) is 2.76. The summed E-state index contributed by atoms with van der Waals surface area (Å²) in [5.41, 5.74) is 1.46. The van der Waals surface area contributed by atoms with Gasteiger partial charge in [0, 0.05) is 17.5 Å². The molecule has 1 aliphatic rings. The van der Waals surface area contributed by atoms with Crippen molar-refractivity contribution < 1.29 is 9.53 Å². The van der Waals surface area contributed by atoms with E-state index in [1.54, 1.807) is 0 Å². The van der Waals surface area contributed by atoms with E-state index in [1.165, 1.54) is 0 Å². The van der Waals surface area contributed by atoms with Gasteiger partial charge < -0.3 is 4.74 Å². The minimum atomic E-state index is -0.626. The van der Waals surface area contributed by atoms with Gasteiger partial charge >= 0.3 is 5.97 Å². The second kappa shape index (κ2) is 4.54. The molecule has 96 valence electrons. The normalized spacial score (nSPS) is 21.1. The van der Waals surface area contributed by atoms with Gasteiger partial charge in [-0.1, -0.05) is 67.6 Å². The molecular weight excluding hydrogens is 236 g/mol. The van der Waals surface area contributed by atoms with Gasteiger partial charge in [-0.25, -0.2) is 0 Å². The molecule has 0 N–H and O–H groups in total. The Kier molecular flexibility index (Phi) is 2.86. The molecule has 0 radical (unpaired) electrons. The van der Waals surface area contributed by atoms with Crippen LogP contribution in [-0.4, -0.2) is 5.97 Å². The van der Waals surface area contributed by atoms with Gasteiger partial charge in [-0.15, -0.1) is 0 Å². The van der Waals surface area contributed by atoms with Crippen LogP contribution in [0.1, 0.15) is 24.5 Å². The fourth-order valence-electron chi connectivity index (χ4n) is 2.76. The molecule has 1 heterocycles. The summed E-state index contributed by atoms with van der Waals surface area (Å²) in [7, 11) is 0. The van der Waals surface area contributed by atoms with Crippen molar-refractivity contribution in [3.63, 3.8) is 0 Å². The zero-order chi connectivity index (χ0) is 13.3. The molecule has 2 heteroatoms. The molecule has 2 aromatic rings. The first-order chi connectivity index (χ1) is 9.22. The maximum absolute atomic E-state index is 11.9. The van der Waals surface area contributed by atoms with Crippen LogP contribution in [0.5, 0.6) is 0 Å². The SMILES string of the molecule is C[C@H]1CC(c2ccccc2)(c2ccccc2)OC1=O. The smallest absolute Gasteiger partial charge is 0.310 e. The van der Waals surface area contributed by atoms with E-state index in [1.807, 2.05) is 67.6 Å². The lowest BCUT2D eigenvalue weighted by Crippen LogP contribution is -2.27. The lowest BCUT2D eigenvalue weighted by Gasteiger charge is -2.29. The molecule has 0 unspecified atom stereocenters. The van der Waals surface area contributed by atoms with Crippen LogP contribution < -0.4 is 0 Å². The highest BCUT2D eigenvalue weighted by Gasteiger charge is 2.47. The minimum absolute atomic E-state index is 0.0691. The van der Waals surface area contributed by atoms with Crippen LogP contribution in [0.2, 0.25) is 0 Å². The van der Waals surface area contributed by atoms with Crippen molar-refractivity contribution in [1.82, 2.24) is 0 Å². The molecular formula is C17H16O2. The molecule has 0 bridgehead atoms. The first-order valence-corrected chi connectivity index (χ1v) is 6.56. The molecule has 2 nitrogen and oxygen atoms in total. The standard InChI is InChI=1S/C17H16O2/c1-13-12-17(19-16(13)18,14-8-4-2-5-9-14)15-10-6-3-7-11-15/h2-11,13H,12H2,1H3/t13-/m0/s1. The van der Waals surface area contributed by atoms with Crippen LogP contribution in [0.15, 0.2) is 60.7 Å². The summed E-state index contributed by atoms with van der Waals surface area (Å²) < 4.78 is 5.79. The van der Waals surface area contributed by atoms with E-state index in [9.17, 15) is 4.79 Å². The summed E-state index contributed by atoms with van der Waals surface area (Å²) in [5.74, 6) is -0.187. The number of carbonyl (C=O) groups is 1. The zero-order valence-corrected chi connectivity index (χ0v) is 10.9. The molecule has 2 aromatic carbocycles. The molecule has 0 spiro atoms. The monoisotopic (exact) mass is 252 g/mol. The van der Waals surface area contributed by atoms with Crippen molar-refractivity contribution in [2.75, 3.05) is 0 Å². The summed E-state index contributed by atoms with van der Waals surface area (Å²) >= 11 is 0. The zero-order valence-electron chi connectivity index (χ0n) is 10.9. The number of hydrogen-bond donors (Lipinski definition) is 0. The molecule has 1 atom stereocenters. The van der Waals surface area contributed by atoms with E-state index in [2.05, 4.69) is 0 Å². The summed E-state index contributed by atoms with van der Waals surface area (Å²) in [6, 6.07) is 20.0. The van der Waals surface area contributed by atoms with E-state index in [0.717, 1.165) is 11.1 Å². The van der Waals surface area contributed by atoms with Gasteiger partial charge in [0.1, 0.15) is 0 Å². The molecule has 0 aromatic heterocycles. The largest absolute Gasteiger partial charge is 0.449 e. The quantitative estimate of drug-likeness (QED) is 0.764. The van der Waals surface area contributed by atoms with Gasteiger partial charge in [-0.05, 0) is 0 Å². The van der Waals surface area contributed by atoms with Gasteiger partial charge in [0.2, 0.25) is 0 Å². The van der Waals surface area contributed by atoms with Crippen LogP contribution in [0.25, 0.3) is 0 Å². The molecule has 0 saturated carbocycles. The van der Waals surface area contributed by atoms with Gasteiger partial charge in [-0.3, -0.25) is 4.79 Å². The molecule has 0 amide bonds. The highest BCUT2D eigenvalue weighted by atomic mass is 16.6. The van der Waals surface area contributed by atoms with E-state index in [0.29, 0.717) is 6.42 Å². The Morgan fingerprint density at radius 1 is 0.947 bits per heavy atom. The lowest BCUT2D eigenvalue weighted by atomic mass is 9.82. The van der Waals surface area contributed by atoms with Crippen molar-refractivity contribution in [3.8, 4) is 0 Å². The third-order valence-electron chi connectivity index (χ3n) is 3.75. The van der Waals surface area contributed by atoms with E-state index in [4.69, 9.17) is 4.74 Å². The molecule has 0 aliphatic carbocycles. The van der Waals surface area contributed by atoms with Crippen molar-refractivity contribution in [1.29, 1.82) is 0 Å². The van der Waals surface area contributed by atoms with Crippen LogP contribution in [0, 0.1) is 5.92 Å². The summed E-state index contributed by atoms with van der Waals surface area (Å²) in [5, 5.41) is 0. The number of carbonyl (C=O) groups excluding carboxylic acids is 1. The third-order valence-corrected chi connectivity index (χ3v) is 3.75. The molecule has 1 saturated heterocycles. The Hall–Kier alpha value is -2.09. The summed E-state index contributed by atoms with van der Waals surface area (Å²) in [4.78, 5) is 11.9. The Bertz CT molecular complexity index is 535.